The maximum Gasteiger partial charge on any atom is 0.229 e. The smallest absolute Gasteiger partial charge is 0.229 e. The molecule has 6 nitrogen and oxygen atoms in total. The zero-order valence-electron chi connectivity index (χ0n) is 10.6. The minimum Gasteiger partial charge on any atom is -0.462 e. The summed E-state index contributed by atoms with van der Waals surface area (Å²) in [4.78, 5) is 0. The predicted octanol–water partition coefficient (Wildman–Crippen LogP) is -0.648. The van der Waals surface area contributed by atoms with E-state index >= 15 is 0 Å². The van der Waals surface area contributed by atoms with Gasteiger partial charge in [0.05, 0.1) is 6.10 Å². The van der Waals surface area contributed by atoms with E-state index in [1.54, 1.807) is 25.1 Å². The first-order chi connectivity index (χ1) is 9.04. The molecule has 1 aromatic rings. The number of para-hydroxylation sites is 1. The molecule has 1 heterocycles. The third kappa shape index (κ3) is 2.88. The monoisotopic (exact) mass is 269 g/mol. The molecule has 5 atom stereocenters. The SMILES string of the molecule is CC1OC(Oc2ccccc2CN)C(O)C(O)C1O. The van der Waals surface area contributed by atoms with E-state index in [9.17, 15) is 15.3 Å². The summed E-state index contributed by atoms with van der Waals surface area (Å²) in [5.74, 6) is 0.491. The van der Waals surface area contributed by atoms with Crippen LogP contribution in [0.2, 0.25) is 0 Å². The Bertz CT molecular complexity index is 427. The van der Waals surface area contributed by atoms with E-state index in [0.717, 1.165) is 5.56 Å². The molecule has 1 saturated heterocycles. The second kappa shape index (κ2) is 5.85. The van der Waals surface area contributed by atoms with Crippen LogP contribution in [0.5, 0.6) is 5.75 Å². The van der Waals surface area contributed by atoms with Gasteiger partial charge in [0.15, 0.2) is 0 Å². The molecule has 106 valence electrons. The van der Waals surface area contributed by atoms with Crippen molar-refractivity contribution in [3.63, 3.8) is 0 Å². The second-order valence-electron chi connectivity index (χ2n) is 4.61. The van der Waals surface area contributed by atoms with Gasteiger partial charge in [-0.15, -0.1) is 0 Å². The van der Waals surface area contributed by atoms with E-state index in [1.165, 1.54) is 0 Å². The summed E-state index contributed by atoms with van der Waals surface area (Å²) in [6.45, 7) is 1.89. The van der Waals surface area contributed by atoms with E-state index in [0.29, 0.717) is 12.3 Å². The van der Waals surface area contributed by atoms with Gasteiger partial charge in [-0.2, -0.15) is 0 Å². The van der Waals surface area contributed by atoms with Gasteiger partial charge in [-0.25, -0.2) is 0 Å². The van der Waals surface area contributed by atoms with E-state index in [4.69, 9.17) is 15.2 Å². The minimum atomic E-state index is -1.32. The van der Waals surface area contributed by atoms with Crippen molar-refractivity contribution in [1.82, 2.24) is 0 Å². The van der Waals surface area contributed by atoms with Gasteiger partial charge in [0, 0.05) is 12.1 Å². The fourth-order valence-electron chi connectivity index (χ4n) is 2.02. The molecule has 1 aliphatic heterocycles. The van der Waals surface area contributed by atoms with Crippen molar-refractivity contribution in [3.8, 4) is 5.75 Å². The number of rotatable bonds is 3. The van der Waals surface area contributed by atoms with Gasteiger partial charge < -0.3 is 30.5 Å². The molecular weight excluding hydrogens is 250 g/mol. The summed E-state index contributed by atoms with van der Waals surface area (Å²) in [6, 6.07) is 7.12. The first-order valence-corrected chi connectivity index (χ1v) is 6.19. The minimum absolute atomic E-state index is 0.291. The second-order valence-corrected chi connectivity index (χ2v) is 4.61. The van der Waals surface area contributed by atoms with Crippen molar-refractivity contribution in [3.05, 3.63) is 29.8 Å². The number of hydrogen-bond donors (Lipinski definition) is 4. The Morgan fingerprint density at radius 1 is 1.16 bits per heavy atom. The highest BCUT2D eigenvalue weighted by atomic mass is 16.7. The maximum absolute atomic E-state index is 9.86. The normalized spacial score (nSPS) is 35.1. The van der Waals surface area contributed by atoms with Crippen molar-refractivity contribution in [2.45, 2.75) is 44.2 Å². The molecule has 5 N–H and O–H groups in total. The molecule has 0 saturated carbocycles. The predicted molar refractivity (Wildman–Crippen MR) is 67.3 cm³/mol. The van der Waals surface area contributed by atoms with E-state index in [2.05, 4.69) is 0 Å². The lowest BCUT2D eigenvalue weighted by molar-refractivity contribution is -0.268. The van der Waals surface area contributed by atoms with Crippen LogP contribution in [0.25, 0.3) is 0 Å². The molecule has 1 aromatic carbocycles. The maximum atomic E-state index is 9.86. The summed E-state index contributed by atoms with van der Waals surface area (Å²) in [6.07, 6.45) is -5.44. The van der Waals surface area contributed by atoms with Crippen LogP contribution >= 0.6 is 0 Å². The van der Waals surface area contributed by atoms with Gasteiger partial charge in [0.2, 0.25) is 6.29 Å². The summed E-state index contributed by atoms with van der Waals surface area (Å²) >= 11 is 0. The van der Waals surface area contributed by atoms with E-state index < -0.39 is 30.7 Å². The average molecular weight is 269 g/mol. The first kappa shape index (κ1) is 14.2. The fraction of sp³-hybridized carbons (Fsp3) is 0.538. The molecule has 0 spiro atoms. The van der Waals surface area contributed by atoms with Crippen LogP contribution in [0.15, 0.2) is 24.3 Å². The molecule has 0 aliphatic carbocycles. The van der Waals surface area contributed by atoms with Crippen LogP contribution < -0.4 is 10.5 Å². The van der Waals surface area contributed by atoms with Crippen LogP contribution in [0.3, 0.4) is 0 Å². The van der Waals surface area contributed by atoms with Crippen LogP contribution in [0, 0.1) is 0 Å². The number of nitrogens with two attached hydrogens (primary N) is 1. The zero-order valence-corrected chi connectivity index (χ0v) is 10.6. The molecule has 19 heavy (non-hydrogen) atoms. The lowest BCUT2D eigenvalue weighted by atomic mass is 10.00. The third-order valence-corrected chi connectivity index (χ3v) is 3.24. The van der Waals surface area contributed by atoms with E-state index in [-0.39, 0.29) is 0 Å². The number of ether oxygens (including phenoxy) is 2. The third-order valence-electron chi connectivity index (χ3n) is 3.24. The quantitative estimate of drug-likeness (QED) is 0.581. The summed E-state index contributed by atoms with van der Waals surface area (Å²) in [5.41, 5.74) is 6.36. The van der Waals surface area contributed by atoms with Crippen LogP contribution in [0.1, 0.15) is 12.5 Å². The summed E-state index contributed by atoms with van der Waals surface area (Å²) in [5, 5.41) is 29.2. The number of aliphatic hydroxyl groups excluding tert-OH is 3. The van der Waals surface area contributed by atoms with Gasteiger partial charge in [0.25, 0.3) is 0 Å². The number of benzene rings is 1. The van der Waals surface area contributed by atoms with Gasteiger partial charge in [-0.3, -0.25) is 0 Å². The molecule has 0 aromatic heterocycles. The van der Waals surface area contributed by atoms with Crippen molar-refractivity contribution in [1.29, 1.82) is 0 Å². The lowest BCUT2D eigenvalue weighted by Gasteiger charge is -2.39. The van der Waals surface area contributed by atoms with E-state index in [1.807, 2.05) is 6.07 Å². The fourth-order valence-corrected chi connectivity index (χ4v) is 2.02. The Hall–Kier alpha value is -1.18. The lowest BCUT2D eigenvalue weighted by Crippen LogP contribution is -2.58. The average Bonchev–Trinajstić information content (AvgIpc) is 2.43. The van der Waals surface area contributed by atoms with Crippen molar-refractivity contribution in [2.75, 3.05) is 0 Å². The number of hydrogen-bond acceptors (Lipinski definition) is 6. The van der Waals surface area contributed by atoms with Crippen LogP contribution in [-0.4, -0.2) is 46.0 Å². The van der Waals surface area contributed by atoms with Gasteiger partial charge in [-0.1, -0.05) is 18.2 Å². The largest absolute Gasteiger partial charge is 0.462 e. The topological polar surface area (TPSA) is 105 Å². The number of aliphatic hydroxyl groups is 3. The summed E-state index contributed by atoms with van der Waals surface area (Å²) < 4.78 is 10.9. The Kier molecular flexibility index (Phi) is 4.38. The molecule has 2 rings (SSSR count). The molecule has 5 unspecified atom stereocenters. The molecule has 0 bridgehead atoms. The van der Waals surface area contributed by atoms with Crippen LogP contribution in [-0.2, 0) is 11.3 Å². The molecule has 1 fully saturated rings. The molecule has 1 aliphatic rings. The van der Waals surface area contributed by atoms with Gasteiger partial charge in [0.1, 0.15) is 24.1 Å². The van der Waals surface area contributed by atoms with Gasteiger partial charge >= 0.3 is 0 Å². The molecule has 0 amide bonds. The highest BCUT2D eigenvalue weighted by Gasteiger charge is 2.43. The standard InChI is InChI=1S/C13H19NO5/c1-7-10(15)11(16)12(17)13(18-7)19-9-5-3-2-4-8(9)6-14/h2-5,7,10-13,15-17H,6,14H2,1H3. The summed E-state index contributed by atoms with van der Waals surface area (Å²) in [7, 11) is 0. The van der Waals surface area contributed by atoms with Crippen molar-refractivity contribution in [2.24, 2.45) is 5.73 Å². The highest BCUT2D eigenvalue weighted by Crippen LogP contribution is 2.26. The molecule has 0 radical (unpaired) electrons. The first-order valence-electron chi connectivity index (χ1n) is 6.19. The molecular formula is C13H19NO5. The zero-order chi connectivity index (χ0) is 14.0. The highest BCUT2D eigenvalue weighted by molar-refractivity contribution is 5.33. The van der Waals surface area contributed by atoms with Gasteiger partial charge in [-0.05, 0) is 13.0 Å². The molecule has 6 heteroatoms. The Morgan fingerprint density at radius 2 is 1.84 bits per heavy atom. The Balaban J connectivity index is 2.14. The Morgan fingerprint density at radius 3 is 2.53 bits per heavy atom. The Labute approximate surface area is 111 Å². The van der Waals surface area contributed by atoms with Crippen LogP contribution in [0.4, 0.5) is 0 Å². The van der Waals surface area contributed by atoms with Crippen molar-refractivity contribution >= 4 is 0 Å². The van der Waals surface area contributed by atoms with Crippen molar-refractivity contribution < 1.29 is 24.8 Å².